The normalized spacial score (nSPS) is 10.4. The van der Waals surface area contributed by atoms with Gasteiger partial charge in [0.05, 0.1) is 5.75 Å². The molecule has 0 saturated carbocycles. The average Bonchev–Trinajstić information content (AvgIpc) is 3.02. The van der Waals surface area contributed by atoms with Gasteiger partial charge in [-0.25, -0.2) is 0 Å². The summed E-state index contributed by atoms with van der Waals surface area (Å²) in [6, 6.07) is 6.86. The molecule has 1 aromatic heterocycles. The predicted octanol–water partition coefficient (Wildman–Crippen LogP) is 3.45. The molecule has 0 atom stereocenters. The van der Waals surface area contributed by atoms with Crippen molar-refractivity contribution in [2.24, 2.45) is 0 Å². The average molecular weight is 385 g/mol. The number of anilines is 1. The summed E-state index contributed by atoms with van der Waals surface area (Å²) in [7, 11) is 0. The zero-order valence-electron chi connectivity index (χ0n) is 13.0. The van der Waals surface area contributed by atoms with E-state index in [0.29, 0.717) is 21.6 Å². The molecule has 9 heteroatoms. The van der Waals surface area contributed by atoms with Gasteiger partial charge in [-0.3, -0.25) is 9.59 Å². The fraction of sp³-hybridized carbons (Fsp3) is 0.333. The zero-order chi connectivity index (χ0) is 17.4. The number of thioether (sulfide) groups is 1. The third kappa shape index (κ3) is 6.10. The first-order valence-corrected chi connectivity index (χ1v) is 9.56. The summed E-state index contributed by atoms with van der Waals surface area (Å²) in [5, 5.41) is 14.1. The number of aromatic nitrogens is 2. The fourth-order valence-electron chi connectivity index (χ4n) is 1.69. The summed E-state index contributed by atoms with van der Waals surface area (Å²) < 4.78 is 0.580. The molecule has 2 aromatic rings. The van der Waals surface area contributed by atoms with E-state index in [2.05, 4.69) is 27.8 Å². The van der Waals surface area contributed by atoms with Crippen molar-refractivity contribution in [3.8, 4) is 0 Å². The van der Waals surface area contributed by atoms with Crippen LogP contribution in [0, 0.1) is 0 Å². The SMILES string of the molecule is CCCCNC(=O)CSc1nnc(C(=O)Nc2cccc(Cl)c2)s1. The van der Waals surface area contributed by atoms with Gasteiger partial charge >= 0.3 is 0 Å². The number of nitrogens with zero attached hydrogens (tertiary/aromatic N) is 2. The Labute approximate surface area is 153 Å². The first-order valence-electron chi connectivity index (χ1n) is 7.38. The second-order valence-corrected chi connectivity index (χ2v) is 7.47. The largest absolute Gasteiger partial charge is 0.355 e. The number of amides is 2. The van der Waals surface area contributed by atoms with E-state index >= 15 is 0 Å². The van der Waals surface area contributed by atoms with Crippen LogP contribution in [0.5, 0.6) is 0 Å². The van der Waals surface area contributed by atoms with Crippen molar-refractivity contribution in [2.45, 2.75) is 24.1 Å². The van der Waals surface area contributed by atoms with E-state index in [1.165, 1.54) is 11.8 Å². The van der Waals surface area contributed by atoms with Crippen molar-refractivity contribution >= 4 is 52.2 Å². The summed E-state index contributed by atoms with van der Waals surface area (Å²) in [5.41, 5.74) is 0.590. The first kappa shape index (κ1) is 18.7. The van der Waals surface area contributed by atoms with Crippen molar-refractivity contribution in [3.05, 3.63) is 34.3 Å². The summed E-state index contributed by atoms with van der Waals surface area (Å²) in [6.07, 6.45) is 2.00. The first-order chi connectivity index (χ1) is 11.6. The van der Waals surface area contributed by atoms with E-state index < -0.39 is 0 Å². The third-order valence-corrected chi connectivity index (χ3v) is 5.15. The molecule has 2 rings (SSSR count). The minimum atomic E-state index is -0.353. The van der Waals surface area contributed by atoms with Gasteiger partial charge in [0.1, 0.15) is 0 Å². The van der Waals surface area contributed by atoms with E-state index in [9.17, 15) is 9.59 Å². The van der Waals surface area contributed by atoms with Crippen LogP contribution in [0.1, 0.15) is 29.6 Å². The zero-order valence-corrected chi connectivity index (χ0v) is 15.4. The molecule has 24 heavy (non-hydrogen) atoms. The van der Waals surface area contributed by atoms with E-state index in [1.54, 1.807) is 24.3 Å². The van der Waals surface area contributed by atoms with Crippen molar-refractivity contribution in [2.75, 3.05) is 17.6 Å². The Kier molecular flexibility index (Phi) is 7.48. The smallest absolute Gasteiger partial charge is 0.286 e. The van der Waals surface area contributed by atoms with Crippen LogP contribution in [0.2, 0.25) is 5.02 Å². The minimum Gasteiger partial charge on any atom is -0.355 e. The van der Waals surface area contributed by atoms with Crippen molar-refractivity contribution < 1.29 is 9.59 Å². The van der Waals surface area contributed by atoms with Gasteiger partial charge in [0.2, 0.25) is 10.9 Å². The van der Waals surface area contributed by atoms with E-state index in [1.807, 2.05) is 0 Å². The second kappa shape index (κ2) is 9.61. The Balaban J connectivity index is 1.83. The third-order valence-electron chi connectivity index (χ3n) is 2.86. The molecule has 1 heterocycles. The number of nitrogens with one attached hydrogen (secondary N) is 2. The lowest BCUT2D eigenvalue weighted by atomic mass is 10.3. The van der Waals surface area contributed by atoms with Crippen LogP contribution in [0.3, 0.4) is 0 Å². The highest BCUT2D eigenvalue weighted by Crippen LogP contribution is 2.23. The maximum Gasteiger partial charge on any atom is 0.286 e. The van der Waals surface area contributed by atoms with Crippen LogP contribution in [-0.2, 0) is 4.79 Å². The van der Waals surface area contributed by atoms with Crippen molar-refractivity contribution in [1.29, 1.82) is 0 Å². The molecule has 0 fully saturated rings. The monoisotopic (exact) mass is 384 g/mol. The molecular weight excluding hydrogens is 368 g/mol. The molecule has 0 aliphatic rings. The molecular formula is C15H17ClN4O2S2. The molecule has 0 unspecified atom stereocenters. The molecule has 6 nitrogen and oxygen atoms in total. The Morgan fingerprint density at radius 1 is 1.33 bits per heavy atom. The predicted molar refractivity (Wildman–Crippen MR) is 98.0 cm³/mol. The van der Waals surface area contributed by atoms with Crippen molar-refractivity contribution in [1.82, 2.24) is 15.5 Å². The Hall–Kier alpha value is -1.64. The quantitative estimate of drug-likeness (QED) is 0.538. The van der Waals surface area contributed by atoms with Crippen LogP contribution in [0.4, 0.5) is 5.69 Å². The summed E-state index contributed by atoms with van der Waals surface area (Å²) in [5.74, 6) is -0.142. The molecule has 0 bridgehead atoms. The fourth-order valence-corrected chi connectivity index (χ4v) is 3.46. The maximum atomic E-state index is 12.1. The molecule has 2 N–H and O–H groups in total. The van der Waals surface area contributed by atoms with Gasteiger partial charge in [-0.1, -0.05) is 54.1 Å². The molecule has 1 aromatic carbocycles. The van der Waals surface area contributed by atoms with Crippen LogP contribution < -0.4 is 10.6 Å². The minimum absolute atomic E-state index is 0.0476. The summed E-state index contributed by atoms with van der Waals surface area (Å²) in [4.78, 5) is 23.8. The van der Waals surface area contributed by atoms with Gasteiger partial charge in [0, 0.05) is 17.3 Å². The highest BCUT2D eigenvalue weighted by molar-refractivity contribution is 8.01. The number of unbranched alkanes of at least 4 members (excludes halogenated alkanes) is 1. The number of rotatable bonds is 8. The second-order valence-electron chi connectivity index (χ2n) is 4.83. The standard InChI is InChI=1S/C15H17ClN4O2S2/c1-2-3-7-17-12(21)9-23-15-20-19-14(24-15)13(22)18-11-6-4-5-10(16)8-11/h4-6,8H,2-3,7,9H2,1H3,(H,17,21)(H,18,22). The maximum absolute atomic E-state index is 12.1. The molecule has 0 aliphatic carbocycles. The highest BCUT2D eigenvalue weighted by atomic mass is 35.5. The van der Waals surface area contributed by atoms with Crippen LogP contribution >= 0.6 is 34.7 Å². The Bertz CT molecular complexity index is 708. The van der Waals surface area contributed by atoms with Gasteiger partial charge in [0.25, 0.3) is 5.91 Å². The van der Waals surface area contributed by atoms with Gasteiger partial charge in [-0.2, -0.15) is 0 Å². The van der Waals surface area contributed by atoms with Gasteiger partial charge in [0.15, 0.2) is 4.34 Å². The number of carbonyl (C=O) groups excluding carboxylic acids is 2. The summed E-state index contributed by atoms with van der Waals surface area (Å²) in [6.45, 7) is 2.75. The number of hydrogen-bond donors (Lipinski definition) is 2. The topological polar surface area (TPSA) is 84.0 Å². The molecule has 2 amide bonds. The molecule has 0 aliphatic heterocycles. The van der Waals surface area contributed by atoms with Gasteiger partial charge in [-0.15, -0.1) is 10.2 Å². The van der Waals surface area contributed by atoms with Crippen LogP contribution in [-0.4, -0.2) is 34.3 Å². The van der Waals surface area contributed by atoms with Crippen molar-refractivity contribution in [3.63, 3.8) is 0 Å². The lowest BCUT2D eigenvalue weighted by molar-refractivity contribution is -0.118. The molecule has 0 radical (unpaired) electrons. The lowest BCUT2D eigenvalue weighted by Gasteiger charge is -2.02. The molecule has 128 valence electrons. The molecule has 0 saturated heterocycles. The highest BCUT2D eigenvalue weighted by Gasteiger charge is 2.14. The summed E-state index contributed by atoms with van der Waals surface area (Å²) >= 11 is 8.29. The number of benzene rings is 1. The van der Waals surface area contributed by atoms with E-state index in [0.717, 1.165) is 24.2 Å². The van der Waals surface area contributed by atoms with Gasteiger partial charge < -0.3 is 10.6 Å². The lowest BCUT2D eigenvalue weighted by Crippen LogP contribution is -2.25. The van der Waals surface area contributed by atoms with Gasteiger partial charge in [-0.05, 0) is 24.6 Å². The number of carbonyl (C=O) groups is 2. The van der Waals surface area contributed by atoms with Crippen LogP contribution in [0.25, 0.3) is 0 Å². The number of hydrogen-bond acceptors (Lipinski definition) is 6. The van der Waals surface area contributed by atoms with E-state index in [4.69, 9.17) is 11.6 Å². The number of halogens is 1. The van der Waals surface area contributed by atoms with E-state index in [-0.39, 0.29) is 22.6 Å². The molecule has 0 spiro atoms. The Morgan fingerprint density at radius 3 is 2.92 bits per heavy atom. The Morgan fingerprint density at radius 2 is 2.17 bits per heavy atom. The van der Waals surface area contributed by atoms with Crippen LogP contribution in [0.15, 0.2) is 28.6 Å².